The molecule has 0 aliphatic rings. The van der Waals surface area contributed by atoms with Gasteiger partial charge in [0, 0.05) is 47.4 Å². The molecule has 0 saturated carbocycles. The Morgan fingerprint density at radius 2 is 1.78 bits per heavy atom. The number of hydrogen-bond donors (Lipinski definition) is 2. The van der Waals surface area contributed by atoms with Crippen molar-refractivity contribution < 1.29 is 18.8 Å². The predicted octanol–water partition coefficient (Wildman–Crippen LogP) is 5.43. The van der Waals surface area contributed by atoms with Gasteiger partial charge in [0.05, 0.1) is 21.9 Å². The second kappa shape index (κ2) is 9.37. The minimum Gasteiger partial charge on any atom is -0.395 e. The van der Waals surface area contributed by atoms with Gasteiger partial charge in [0.2, 0.25) is 0 Å². The summed E-state index contributed by atoms with van der Waals surface area (Å²) in [6.45, 7) is 0.561. The van der Waals surface area contributed by atoms with Gasteiger partial charge < -0.3 is 15.0 Å². The number of halogens is 2. The highest BCUT2D eigenvalue weighted by Gasteiger charge is 2.17. The van der Waals surface area contributed by atoms with Crippen molar-refractivity contribution in [2.45, 2.75) is 16.3 Å². The van der Waals surface area contributed by atoms with Crippen LogP contribution in [-0.2, 0) is 6.54 Å². The standard InChI is InChI=1S/C23H19F2N3O3S/c24-16-9-15(10-17(25)11-16)13-27-14-23(32-22-4-2-1-3-20(22)28(30)31)19-6-5-18(12-21(19)27)26-7-8-29/h1-6,9-12,14,26,29H,7-8,13H2. The number of aliphatic hydroxyl groups excluding tert-OH is 1. The lowest BCUT2D eigenvalue weighted by molar-refractivity contribution is -0.387. The lowest BCUT2D eigenvalue weighted by atomic mass is 10.2. The molecule has 4 rings (SSSR count). The van der Waals surface area contributed by atoms with Gasteiger partial charge in [-0.05, 0) is 42.0 Å². The van der Waals surface area contributed by atoms with Crippen LogP contribution in [0.2, 0.25) is 0 Å². The molecule has 0 amide bonds. The lowest BCUT2D eigenvalue weighted by Crippen LogP contribution is -2.05. The van der Waals surface area contributed by atoms with Crippen molar-refractivity contribution in [2.75, 3.05) is 18.5 Å². The van der Waals surface area contributed by atoms with Gasteiger partial charge in [-0.25, -0.2) is 8.78 Å². The molecule has 0 spiro atoms. The monoisotopic (exact) mass is 455 g/mol. The molecule has 0 aliphatic heterocycles. The lowest BCUT2D eigenvalue weighted by Gasteiger charge is -2.09. The van der Waals surface area contributed by atoms with E-state index in [0.717, 1.165) is 27.6 Å². The zero-order chi connectivity index (χ0) is 22.7. The fourth-order valence-corrected chi connectivity index (χ4v) is 4.59. The summed E-state index contributed by atoms with van der Waals surface area (Å²) in [7, 11) is 0. The van der Waals surface area contributed by atoms with Crippen LogP contribution in [0, 0.1) is 21.7 Å². The summed E-state index contributed by atoms with van der Waals surface area (Å²) in [5.74, 6) is -1.31. The van der Waals surface area contributed by atoms with Crippen LogP contribution in [0.4, 0.5) is 20.2 Å². The highest BCUT2D eigenvalue weighted by atomic mass is 32.2. The van der Waals surface area contributed by atoms with E-state index < -0.39 is 16.6 Å². The minimum absolute atomic E-state index is 0.00633. The zero-order valence-electron chi connectivity index (χ0n) is 16.8. The molecule has 1 heterocycles. The van der Waals surface area contributed by atoms with Crippen LogP contribution in [0.1, 0.15) is 5.56 Å². The molecule has 9 heteroatoms. The maximum atomic E-state index is 13.7. The van der Waals surface area contributed by atoms with E-state index in [1.165, 1.54) is 30.0 Å². The third-order valence-electron chi connectivity index (χ3n) is 4.84. The molecule has 4 aromatic rings. The number of para-hydroxylation sites is 1. The van der Waals surface area contributed by atoms with E-state index in [1.54, 1.807) is 18.2 Å². The Kier molecular flexibility index (Phi) is 6.38. The van der Waals surface area contributed by atoms with Gasteiger partial charge in [-0.2, -0.15) is 0 Å². The quantitative estimate of drug-likeness (QED) is 0.274. The highest BCUT2D eigenvalue weighted by molar-refractivity contribution is 7.99. The zero-order valence-corrected chi connectivity index (χ0v) is 17.6. The van der Waals surface area contributed by atoms with Crippen molar-refractivity contribution in [2.24, 2.45) is 0 Å². The molecule has 1 aromatic heterocycles. The van der Waals surface area contributed by atoms with E-state index in [-0.39, 0.29) is 18.8 Å². The summed E-state index contributed by atoms with van der Waals surface area (Å²) in [6, 6.07) is 15.5. The van der Waals surface area contributed by atoms with Crippen molar-refractivity contribution in [3.63, 3.8) is 0 Å². The second-order valence-corrected chi connectivity index (χ2v) is 8.19. The molecule has 32 heavy (non-hydrogen) atoms. The Morgan fingerprint density at radius 3 is 2.50 bits per heavy atom. The molecule has 0 atom stereocenters. The summed E-state index contributed by atoms with van der Waals surface area (Å²) in [6.07, 6.45) is 1.82. The van der Waals surface area contributed by atoms with Gasteiger partial charge in [0.1, 0.15) is 11.6 Å². The van der Waals surface area contributed by atoms with E-state index in [1.807, 2.05) is 29.0 Å². The van der Waals surface area contributed by atoms with E-state index >= 15 is 0 Å². The average molecular weight is 455 g/mol. The van der Waals surface area contributed by atoms with Crippen molar-refractivity contribution in [3.8, 4) is 0 Å². The fraction of sp³-hybridized carbons (Fsp3) is 0.130. The molecule has 164 valence electrons. The Balaban J connectivity index is 1.78. The summed E-state index contributed by atoms with van der Waals surface area (Å²) < 4.78 is 29.3. The molecule has 0 radical (unpaired) electrons. The van der Waals surface area contributed by atoms with Crippen LogP contribution < -0.4 is 5.32 Å². The van der Waals surface area contributed by atoms with Gasteiger partial charge in [0.15, 0.2) is 0 Å². The highest BCUT2D eigenvalue weighted by Crippen LogP contribution is 2.40. The average Bonchev–Trinajstić information content (AvgIpc) is 3.08. The largest absolute Gasteiger partial charge is 0.395 e. The Morgan fingerprint density at radius 1 is 1.03 bits per heavy atom. The summed E-state index contributed by atoms with van der Waals surface area (Å²) in [5.41, 5.74) is 2.03. The number of nitrogens with zero attached hydrogens (tertiary/aromatic N) is 2. The van der Waals surface area contributed by atoms with Crippen LogP contribution in [0.3, 0.4) is 0 Å². The van der Waals surface area contributed by atoms with Crippen molar-refractivity contribution in [1.29, 1.82) is 0 Å². The fourth-order valence-electron chi connectivity index (χ4n) is 3.49. The third-order valence-corrected chi connectivity index (χ3v) is 5.95. The maximum absolute atomic E-state index is 13.7. The van der Waals surface area contributed by atoms with E-state index in [0.29, 0.717) is 17.0 Å². The summed E-state index contributed by atoms with van der Waals surface area (Å²) >= 11 is 1.26. The topological polar surface area (TPSA) is 80.3 Å². The first kappa shape index (κ1) is 21.8. The van der Waals surface area contributed by atoms with Gasteiger partial charge >= 0.3 is 0 Å². The molecule has 0 saturated heterocycles. The van der Waals surface area contributed by atoms with Crippen molar-refractivity contribution in [1.82, 2.24) is 4.57 Å². The molecular weight excluding hydrogens is 436 g/mol. The van der Waals surface area contributed by atoms with Crippen LogP contribution in [-0.4, -0.2) is 27.7 Å². The number of nitro groups is 1. The molecular formula is C23H19F2N3O3S. The number of benzene rings is 3. The van der Waals surface area contributed by atoms with Crippen LogP contribution in [0.25, 0.3) is 10.9 Å². The number of anilines is 1. The van der Waals surface area contributed by atoms with Crippen molar-refractivity contribution in [3.05, 3.63) is 94.2 Å². The molecule has 6 nitrogen and oxygen atoms in total. The first-order valence-corrected chi connectivity index (χ1v) is 10.6. The minimum atomic E-state index is -0.656. The summed E-state index contributed by atoms with van der Waals surface area (Å²) in [4.78, 5) is 12.3. The smallest absolute Gasteiger partial charge is 0.283 e. The molecule has 0 bridgehead atoms. The van der Waals surface area contributed by atoms with Crippen LogP contribution in [0.15, 0.2) is 76.7 Å². The van der Waals surface area contributed by atoms with Gasteiger partial charge in [0.25, 0.3) is 5.69 Å². The number of rotatable bonds is 8. The molecule has 0 fully saturated rings. The number of hydrogen-bond acceptors (Lipinski definition) is 5. The molecule has 0 aliphatic carbocycles. The predicted molar refractivity (Wildman–Crippen MR) is 120 cm³/mol. The Bertz CT molecular complexity index is 1270. The SMILES string of the molecule is O=[N+]([O-])c1ccccc1Sc1cn(Cc2cc(F)cc(F)c2)c2cc(NCCO)ccc12. The van der Waals surface area contributed by atoms with Crippen LogP contribution in [0.5, 0.6) is 0 Å². The first-order valence-electron chi connectivity index (χ1n) is 9.78. The van der Waals surface area contributed by atoms with E-state index in [9.17, 15) is 18.9 Å². The Labute approximate surface area is 186 Å². The summed E-state index contributed by atoms with van der Waals surface area (Å²) in [5, 5.41) is 24.4. The third kappa shape index (κ3) is 4.74. The van der Waals surface area contributed by atoms with E-state index in [2.05, 4.69) is 5.32 Å². The molecule has 3 aromatic carbocycles. The normalized spacial score (nSPS) is 11.1. The number of nitro benzene ring substituents is 1. The maximum Gasteiger partial charge on any atom is 0.283 e. The van der Waals surface area contributed by atoms with Gasteiger partial charge in [-0.15, -0.1) is 0 Å². The number of nitrogens with one attached hydrogen (secondary N) is 1. The van der Waals surface area contributed by atoms with E-state index in [4.69, 9.17) is 5.11 Å². The van der Waals surface area contributed by atoms with Crippen molar-refractivity contribution >= 4 is 34.0 Å². The first-order chi connectivity index (χ1) is 15.4. The number of aromatic nitrogens is 1. The molecule has 2 N–H and O–H groups in total. The second-order valence-electron chi connectivity index (χ2n) is 7.11. The van der Waals surface area contributed by atoms with Gasteiger partial charge in [-0.1, -0.05) is 23.9 Å². The molecule has 0 unspecified atom stereocenters. The van der Waals surface area contributed by atoms with Gasteiger partial charge in [-0.3, -0.25) is 10.1 Å². The van der Waals surface area contributed by atoms with Crippen LogP contribution >= 0.6 is 11.8 Å². The number of fused-ring (bicyclic) bond motifs is 1. The number of aliphatic hydroxyl groups is 1. The Hall–Kier alpha value is -3.43.